The number of anilines is 1. The second-order valence-electron chi connectivity index (χ2n) is 6.75. The fourth-order valence-electron chi connectivity index (χ4n) is 3.43. The van der Waals surface area contributed by atoms with Gasteiger partial charge in [0.15, 0.2) is 16.7 Å². The molecule has 1 heterocycles. The van der Waals surface area contributed by atoms with Crippen LogP contribution < -0.4 is 14.8 Å². The van der Waals surface area contributed by atoms with E-state index in [-0.39, 0.29) is 0 Å². The summed E-state index contributed by atoms with van der Waals surface area (Å²) >= 11 is 1.45. The first-order valence-corrected chi connectivity index (χ1v) is 10.9. The minimum absolute atomic E-state index is 0.438. The van der Waals surface area contributed by atoms with E-state index in [0.29, 0.717) is 33.7 Å². The number of hydrogen-bond acceptors (Lipinski definition) is 7. The van der Waals surface area contributed by atoms with E-state index in [9.17, 15) is 5.26 Å². The first-order chi connectivity index (χ1) is 14.2. The van der Waals surface area contributed by atoms with Crippen LogP contribution in [0.5, 0.6) is 11.5 Å². The van der Waals surface area contributed by atoms with Crippen LogP contribution in [0.15, 0.2) is 35.0 Å². The van der Waals surface area contributed by atoms with Crippen molar-refractivity contribution in [2.75, 3.05) is 32.3 Å². The summed E-state index contributed by atoms with van der Waals surface area (Å²) in [4.78, 5) is 9.15. The van der Waals surface area contributed by atoms with E-state index >= 15 is 0 Å². The molecule has 7 heteroatoms. The zero-order valence-electron chi connectivity index (χ0n) is 17.1. The Kier molecular flexibility index (Phi) is 7.36. The monoisotopic (exact) mass is 410 g/mol. The Labute approximate surface area is 176 Å². The third-order valence-electron chi connectivity index (χ3n) is 4.96. The maximum Gasteiger partial charge on any atom is 0.189 e. The number of thioether (sulfide) groups is 1. The van der Waals surface area contributed by atoms with E-state index in [1.54, 1.807) is 14.2 Å². The fraction of sp³-hybridized carbons (Fsp3) is 0.409. The van der Waals surface area contributed by atoms with Crippen molar-refractivity contribution in [3.63, 3.8) is 0 Å². The number of nitriles is 1. The molecule has 0 bridgehead atoms. The average molecular weight is 411 g/mol. The lowest BCUT2D eigenvalue weighted by Gasteiger charge is -2.15. The number of hydrogen-bond donors (Lipinski definition) is 1. The molecule has 152 valence electrons. The van der Waals surface area contributed by atoms with Gasteiger partial charge in [0.2, 0.25) is 0 Å². The topological polar surface area (TPSA) is 80.1 Å². The molecule has 0 amide bonds. The van der Waals surface area contributed by atoms with Gasteiger partial charge >= 0.3 is 0 Å². The van der Waals surface area contributed by atoms with Crippen LogP contribution in [0.25, 0.3) is 11.3 Å². The van der Waals surface area contributed by atoms with Crippen LogP contribution in [-0.2, 0) is 0 Å². The highest BCUT2D eigenvalue weighted by molar-refractivity contribution is 7.98. The molecular weight excluding hydrogens is 384 g/mol. The Hall–Kier alpha value is -2.72. The molecule has 0 saturated heterocycles. The first kappa shape index (κ1) is 21.0. The second-order valence-corrected chi connectivity index (χ2v) is 7.52. The summed E-state index contributed by atoms with van der Waals surface area (Å²) in [5.41, 5.74) is 3.30. The highest BCUT2D eigenvalue weighted by atomic mass is 32.2. The van der Waals surface area contributed by atoms with Gasteiger partial charge in [0.05, 0.1) is 19.9 Å². The van der Waals surface area contributed by atoms with Crippen LogP contribution in [0.2, 0.25) is 0 Å². The van der Waals surface area contributed by atoms with Crippen molar-refractivity contribution in [2.45, 2.75) is 37.3 Å². The standard InChI is InChI=1S/C22H26N4O2S/c1-27-18-10-9-16(13-19(18)28-2)20-17(14-23)21(26-22(25-20)29-3)24-12-11-15-7-5-4-6-8-15/h7,9-10,13H,4-6,8,11-12H2,1-3H3,(H,24,25,26). The van der Waals surface area contributed by atoms with Gasteiger partial charge in [-0.3, -0.25) is 0 Å². The quantitative estimate of drug-likeness (QED) is 0.370. The van der Waals surface area contributed by atoms with Gasteiger partial charge < -0.3 is 14.8 Å². The van der Waals surface area contributed by atoms with Gasteiger partial charge in [-0.1, -0.05) is 23.4 Å². The largest absolute Gasteiger partial charge is 0.493 e. The zero-order chi connectivity index (χ0) is 20.6. The van der Waals surface area contributed by atoms with Gasteiger partial charge in [-0.2, -0.15) is 5.26 Å². The predicted octanol–water partition coefficient (Wildman–Crippen LogP) is 5.06. The maximum atomic E-state index is 9.86. The molecule has 0 radical (unpaired) electrons. The molecule has 0 atom stereocenters. The number of allylic oxidation sites excluding steroid dienone is 1. The summed E-state index contributed by atoms with van der Waals surface area (Å²) in [5.74, 6) is 1.80. The summed E-state index contributed by atoms with van der Waals surface area (Å²) < 4.78 is 10.7. The second kappa shape index (κ2) is 10.2. The minimum atomic E-state index is 0.438. The number of methoxy groups -OCH3 is 2. The molecule has 29 heavy (non-hydrogen) atoms. The number of benzene rings is 1. The highest BCUT2D eigenvalue weighted by Gasteiger charge is 2.18. The number of aromatic nitrogens is 2. The van der Waals surface area contributed by atoms with Crippen LogP contribution in [0.1, 0.15) is 37.7 Å². The fourth-order valence-corrected chi connectivity index (χ4v) is 3.80. The molecule has 3 rings (SSSR count). The SMILES string of the molecule is COc1ccc(-c2nc(SC)nc(NCCC3=CCCCC3)c2C#N)cc1OC. The first-order valence-electron chi connectivity index (χ1n) is 9.70. The van der Waals surface area contributed by atoms with E-state index in [1.807, 2.05) is 24.5 Å². The number of ether oxygens (including phenoxy) is 2. The summed E-state index contributed by atoms with van der Waals surface area (Å²) in [6.07, 6.45) is 10.1. The van der Waals surface area contributed by atoms with Crippen molar-refractivity contribution < 1.29 is 9.47 Å². The van der Waals surface area contributed by atoms with Crippen molar-refractivity contribution in [1.29, 1.82) is 5.26 Å². The lowest BCUT2D eigenvalue weighted by Crippen LogP contribution is -2.09. The Morgan fingerprint density at radius 2 is 2.00 bits per heavy atom. The van der Waals surface area contributed by atoms with Gasteiger partial charge in [-0.05, 0) is 56.6 Å². The van der Waals surface area contributed by atoms with Crippen LogP contribution in [0.4, 0.5) is 5.82 Å². The lowest BCUT2D eigenvalue weighted by atomic mass is 9.97. The molecule has 0 spiro atoms. The van der Waals surface area contributed by atoms with E-state index in [0.717, 1.165) is 18.5 Å². The van der Waals surface area contributed by atoms with Gasteiger partial charge in [0.1, 0.15) is 17.5 Å². The molecule has 1 aliphatic carbocycles. The Balaban J connectivity index is 1.92. The van der Waals surface area contributed by atoms with E-state index in [4.69, 9.17) is 9.47 Å². The number of nitrogens with zero attached hydrogens (tertiary/aromatic N) is 3. The molecule has 1 aromatic carbocycles. The molecule has 6 nitrogen and oxygen atoms in total. The maximum absolute atomic E-state index is 9.86. The summed E-state index contributed by atoms with van der Waals surface area (Å²) in [6, 6.07) is 7.82. The third kappa shape index (κ3) is 5.01. The smallest absolute Gasteiger partial charge is 0.189 e. The molecule has 0 saturated carbocycles. The number of nitrogens with one attached hydrogen (secondary N) is 1. The van der Waals surface area contributed by atoms with E-state index in [1.165, 1.54) is 43.0 Å². The summed E-state index contributed by atoms with van der Waals surface area (Å²) in [5, 5.41) is 13.8. The van der Waals surface area contributed by atoms with Gasteiger partial charge in [-0.15, -0.1) is 0 Å². The predicted molar refractivity (Wildman–Crippen MR) is 117 cm³/mol. The van der Waals surface area contributed by atoms with Crippen LogP contribution in [0, 0.1) is 11.3 Å². The molecule has 0 unspecified atom stereocenters. The van der Waals surface area contributed by atoms with Crippen molar-refractivity contribution in [1.82, 2.24) is 9.97 Å². The summed E-state index contributed by atoms with van der Waals surface area (Å²) in [6.45, 7) is 0.747. The van der Waals surface area contributed by atoms with Gasteiger partial charge in [0, 0.05) is 12.1 Å². The Morgan fingerprint density at radius 3 is 2.66 bits per heavy atom. The Morgan fingerprint density at radius 1 is 1.17 bits per heavy atom. The molecule has 2 aromatic rings. The Bertz CT molecular complexity index is 937. The van der Waals surface area contributed by atoms with Crippen molar-refractivity contribution >= 4 is 17.6 Å². The molecule has 1 aromatic heterocycles. The lowest BCUT2D eigenvalue weighted by molar-refractivity contribution is 0.355. The minimum Gasteiger partial charge on any atom is -0.493 e. The molecule has 1 N–H and O–H groups in total. The highest BCUT2D eigenvalue weighted by Crippen LogP contribution is 2.35. The van der Waals surface area contributed by atoms with Crippen LogP contribution in [0.3, 0.4) is 0 Å². The molecule has 0 fully saturated rings. The average Bonchev–Trinajstić information content (AvgIpc) is 2.78. The molecule has 1 aliphatic rings. The van der Waals surface area contributed by atoms with Crippen molar-refractivity contribution in [3.8, 4) is 28.8 Å². The third-order valence-corrected chi connectivity index (χ3v) is 5.51. The molecule has 0 aliphatic heterocycles. The van der Waals surface area contributed by atoms with Gasteiger partial charge in [-0.25, -0.2) is 9.97 Å². The van der Waals surface area contributed by atoms with Crippen molar-refractivity contribution in [3.05, 3.63) is 35.4 Å². The molecular formula is C22H26N4O2S. The van der Waals surface area contributed by atoms with Crippen molar-refractivity contribution in [2.24, 2.45) is 0 Å². The van der Waals surface area contributed by atoms with E-state index < -0.39 is 0 Å². The normalized spacial score (nSPS) is 13.4. The summed E-state index contributed by atoms with van der Waals surface area (Å²) in [7, 11) is 3.19. The van der Waals surface area contributed by atoms with Crippen LogP contribution in [-0.4, -0.2) is 37.0 Å². The zero-order valence-corrected chi connectivity index (χ0v) is 17.9. The number of rotatable bonds is 8. The van der Waals surface area contributed by atoms with Crippen LogP contribution >= 0.6 is 11.8 Å². The van der Waals surface area contributed by atoms with Gasteiger partial charge in [0.25, 0.3) is 0 Å². The van der Waals surface area contributed by atoms with E-state index in [2.05, 4.69) is 27.4 Å².